The predicted octanol–water partition coefficient (Wildman–Crippen LogP) is 2.76. The molecule has 1 unspecified atom stereocenters. The lowest BCUT2D eigenvalue weighted by atomic mass is 10.1. The van der Waals surface area contributed by atoms with Crippen LogP contribution in [0.1, 0.15) is 24.5 Å². The Morgan fingerprint density at radius 1 is 1.25 bits per heavy atom. The van der Waals surface area contributed by atoms with Crippen LogP contribution in [0.4, 0.5) is 5.69 Å². The summed E-state index contributed by atoms with van der Waals surface area (Å²) in [6, 6.07) is 6.51. The van der Waals surface area contributed by atoms with E-state index in [2.05, 4.69) is 50.9 Å². The van der Waals surface area contributed by atoms with Gasteiger partial charge >= 0.3 is 0 Å². The third-order valence-corrected chi connectivity index (χ3v) is 3.30. The molecule has 0 saturated heterocycles. The fourth-order valence-corrected chi connectivity index (χ4v) is 1.77. The maximum Gasteiger partial charge on any atom is 0.0476 e. The second kappa shape index (κ2) is 5.90. The van der Waals surface area contributed by atoms with Crippen LogP contribution in [-0.4, -0.2) is 25.3 Å². The number of hydrogen-bond donors (Lipinski definition) is 1. The minimum Gasteiger partial charge on any atom is -0.396 e. The van der Waals surface area contributed by atoms with E-state index < -0.39 is 0 Å². The molecule has 0 bridgehead atoms. The molecular weight excluding hydrogens is 198 g/mol. The average molecular weight is 221 g/mol. The normalized spacial score (nSPS) is 12.6. The maximum absolute atomic E-state index is 9.19. The summed E-state index contributed by atoms with van der Waals surface area (Å²) in [7, 11) is 2.09. The number of rotatable bonds is 5. The van der Waals surface area contributed by atoms with Gasteiger partial charge in [-0.2, -0.15) is 0 Å². The molecule has 0 heterocycles. The molecule has 0 aliphatic carbocycles. The largest absolute Gasteiger partial charge is 0.396 e. The Kier molecular flexibility index (Phi) is 4.81. The predicted molar refractivity (Wildman–Crippen MR) is 70.1 cm³/mol. The molecule has 1 aromatic carbocycles. The Morgan fingerprint density at radius 2 is 1.94 bits per heavy atom. The van der Waals surface area contributed by atoms with E-state index in [9.17, 15) is 5.11 Å². The van der Waals surface area contributed by atoms with Crippen LogP contribution in [-0.2, 0) is 0 Å². The van der Waals surface area contributed by atoms with E-state index in [1.165, 1.54) is 16.8 Å². The highest BCUT2D eigenvalue weighted by Crippen LogP contribution is 2.19. The first-order valence-electron chi connectivity index (χ1n) is 5.97. The molecule has 1 aromatic rings. The van der Waals surface area contributed by atoms with Gasteiger partial charge in [0.05, 0.1) is 0 Å². The number of anilines is 1. The lowest BCUT2D eigenvalue weighted by Gasteiger charge is -2.24. The van der Waals surface area contributed by atoms with E-state index in [-0.39, 0.29) is 6.61 Å². The van der Waals surface area contributed by atoms with Crippen LogP contribution in [0.3, 0.4) is 0 Å². The van der Waals surface area contributed by atoms with Gasteiger partial charge in [-0.3, -0.25) is 0 Å². The summed E-state index contributed by atoms with van der Waals surface area (Å²) in [6.45, 7) is 7.56. The molecule has 0 aromatic heterocycles. The van der Waals surface area contributed by atoms with Gasteiger partial charge in [0.15, 0.2) is 0 Å². The molecule has 0 aliphatic heterocycles. The SMILES string of the molecule is CCC(CO)CN(C)c1ccc(C)c(C)c1. The zero-order chi connectivity index (χ0) is 12.1. The molecule has 16 heavy (non-hydrogen) atoms. The molecule has 1 N–H and O–H groups in total. The molecule has 2 heteroatoms. The monoisotopic (exact) mass is 221 g/mol. The summed E-state index contributed by atoms with van der Waals surface area (Å²) in [4.78, 5) is 2.22. The van der Waals surface area contributed by atoms with E-state index in [1.807, 2.05) is 0 Å². The molecule has 0 radical (unpaired) electrons. The Morgan fingerprint density at radius 3 is 2.44 bits per heavy atom. The van der Waals surface area contributed by atoms with Crippen molar-refractivity contribution in [1.82, 2.24) is 0 Å². The van der Waals surface area contributed by atoms with Crippen LogP contribution in [0.2, 0.25) is 0 Å². The van der Waals surface area contributed by atoms with Crippen molar-refractivity contribution in [3.05, 3.63) is 29.3 Å². The second-order valence-electron chi connectivity index (χ2n) is 4.61. The average Bonchev–Trinajstić information content (AvgIpc) is 2.29. The number of aliphatic hydroxyl groups is 1. The van der Waals surface area contributed by atoms with Crippen molar-refractivity contribution in [2.75, 3.05) is 25.1 Å². The number of nitrogens with zero attached hydrogens (tertiary/aromatic N) is 1. The molecule has 90 valence electrons. The van der Waals surface area contributed by atoms with Gasteiger partial charge in [-0.15, -0.1) is 0 Å². The van der Waals surface area contributed by atoms with Crippen molar-refractivity contribution in [2.24, 2.45) is 5.92 Å². The van der Waals surface area contributed by atoms with E-state index in [0.29, 0.717) is 5.92 Å². The minimum atomic E-state index is 0.270. The second-order valence-corrected chi connectivity index (χ2v) is 4.61. The van der Waals surface area contributed by atoms with Crippen molar-refractivity contribution in [3.63, 3.8) is 0 Å². The van der Waals surface area contributed by atoms with Gasteiger partial charge in [-0.1, -0.05) is 13.0 Å². The number of aryl methyl sites for hydroxylation is 2. The van der Waals surface area contributed by atoms with E-state index in [4.69, 9.17) is 0 Å². The standard InChI is InChI=1S/C14H23NO/c1-5-13(10-16)9-15(4)14-7-6-11(2)12(3)8-14/h6-8,13,16H,5,9-10H2,1-4H3. The lowest BCUT2D eigenvalue weighted by molar-refractivity contribution is 0.225. The van der Waals surface area contributed by atoms with Crippen molar-refractivity contribution in [3.8, 4) is 0 Å². The van der Waals surface area contributed by atoms with Crippen molar-refractivity contribution >= 4 is 5.69 Å². The highest BCUT2D eigenvalue weighted by atomic mass is 16.3. The lowest BCUT2D eigenvalue weighted by Crippen LogP contribution is -2.27. The molecule has 0 spiro atoms. The summed E-state index contributed by atoms with van der Waals surface area (Å²) in [5.74, 6) is 0.367. The van der Waals surface area contributed by atoms with Gasteiger partial charge in [0.25, 0.3) is 0 Å². The van der Waals surface area contributed by atoms with Gasteiger partial charge in [-0.25, -0.2) is 0 Å². The molecule has 0 aliphatic rings. The third-order valence-electron chi connectivity index (χ3n) is 3.30. The zero-order valence-corrected chi connectivity index (χ0v) is 10.8. The number of benzene rings is 1. The Hall–Kier alpha value is -1.02. The zero-order valence-electron chi connectivity index (χ0n) is 10.8. The fraction of sp³-hybridized carbons (Fsp3) is 0.571. The first-order chi connectivity index (χ1) is 7.58. The van der Waals surface area contributed by atoms with Gasteiger partial charge in [0.1, 0.15) is 0 Å². The van der Waals surface area contributed by atoms with Crippen LogP contribution < -0.4 is 4.90 Å². The molecular formula is C14H23NO. The van der Waals surface area contributed by atoms with Crippen molar-refractivity contribution in [1.29, 1.82) is 0 Å². The van der Waals surface area contributed by atoms with Crippen LogP contribution >= 0.6 is 0 Å². The molecule has 1 rings (SSSR count). The van der Waals surface area contributed by atoms with E-state index >= 15 is 0 Å². The highest BCUT2D eigenvalue weighted by Gasteiger charge is 2.09. The quantitative estimate of drug-likeness (QED) is 0.826. The third kappa shape index (κ3) is 3.24. The van der Waals surface area contributed by atoms with Crippen molar-refractivity contribution in [2.45, 2.75) is 27.2 Å². The van der Waals surface area contributed by atoms with E-state index in [1.54, 1.807) is 0 Å². The maximum atomic E-state index is 9.19. The number of aliphatic hydroxyl groups excluding tert-OH is 1. The van der Waals surface area contributed by atoms with Crippen molar-refractivity contribution < 1.29 is 5.11 Å². The van der Waals surface area contributed by atoms with Gasteiger partial charge in [0.2, 0.25) is 0 Å². The minimum absolute atomic E-state index is 0.270. The van der Waals surface area contributed by atoms with Crippen LogP contribution in [0.15, 0.2) is 18.2 Å². The van der Waals surface area contributed by atoms with Gasteiger partial charge in [0, 0.05) is 25.9 Å². The summed E-state index contributed by atoms with van der Waals surface area (Å²) in [6.07, 6.45) is 1.02. The van der Waals surface area contributed by atoms with Crippen LogP contribution in [0.5, 0.6) is 0 Å². The first kappa shape index (κ1) is 13.0. The molecule has 0 amide bonds. The summed E-state index contributed by atoms with van der Waals surface area (Å²) in [5, 5.41) is 9.19. The molecule has 2 nitrogen and oxygen atoms in total. The fourth-order valence-electron chi connectivity index (χ4n) is 1.77. The Labute approximate surface area is 98.9 Å². The van der Waals surface area contributed by atoms with Crippen LogP contribution in [0, 0.1) is 19.8 Å². The summed E-state index contributed by atoms with van der Waals surface area (Å²) < 4.78 is 0. The Bertz CT molecular complexity index is 332. The highest BCUT2D eigenvalue weighted by molar-refractivity contribution is 5.49. The molecule has 0 saturated carbocycles. The van der Waals surface area contributed by atoms with Gasteiger partial charge < -0.3 is 10.0 Å². The van der Waals surface area contributed by atoms with Crippen LogP contribution in [0.25, 0.3) is 0 Å². The number of hydrogen-bond acceptors (Lipinski definition) is 2. The van der Waals surface area contributed by atoms with Gasteiger partial charge in [-0.05, 0) is 49.4 Å². The summed E-state index contributed by atoms with van der Waals surface area (Å²) in [5.41, 5.74) is 3.88. The topological polar surface area (TPSA) is 23.5 Å². The smallest absolute Gasteiger partial charge is 0.0476 e. The molecule has 0 fully saturated rings. The van der Waals surface area contributed by atoms with E-state index in [0.717, 1.165) is 13.0 Å². The first-order valence-corrected chi connectivity index (χ1v) is 5.97. The Balaban J connectivity index is 2.72. The molecule has 1 atom stereocenters. The summed E-state index contributed by atoms with van der Waals surface area (Å²) >= 11 is 0.